The molecule has 0 fully saturated rings. The second-order valence-corrected chi connectivity index (χ2v) is 7.56. The molecule has 6 heteroatoms. The quantitative estimate of drug-likeness (QED) is 0.317. The van der Waals surface area contributed by atoms with E-state index in [4.69, 9.17) is 8.83 Å². The molecule has 0 bridgehead atoms. The topological polar surface area (TPSA) is 68.3 Å². The molecule has 0 aliphatic heterocycles. The maximum Gasteiger partial charge on any atom is 0.291 e. The van der Waals surface area contributed by atoms with Crippen molar-refractivity contribution >= 4 is 56.3 Å². The number of rotatable bonds is 3. The third-order valence-corrected chi connectivity index (χ3v) is 5.11. The van der Waals surface area contributed by atoms with Crippen molar-refractivity contribution in [1.82, 2.24) is 4.98 Å². The van der Waals surface area contributed by atoms with E-state index in [0.717, 1.165) is 14.5 Å². The van der Waals surface area contributed by atoms with Gasteiger partial charge >= 0.3 is 0 Å². The summed E-state index contributed by atoms with van der Waals surface area (Å²) in [5, 5.41) is 3.74. The van der Waals surface area contributed by atoms with E-state index in [1.165, 1.54) is 0 Å². The number of benzene rings is 3. The molecule has 3 aromatic carbocycles. The molecule has 2 heterocycles. The monoisotopic (exact) mass is 480 g/mol. The minimum absolute atomic E-state index is 0.265. The molecule has 0 unspecified atom stereocenters. The van der Waals surface area contributed by atoms with Gasteiger partial charge in [0.05, 0.1) is 0 Å². The maximum atomic E-state index is 12.5. The molecule has 28 heavy (non-hydrogen) atoms. The Hall–Kier alpha value is -3.13. The van der Waals surface area contributed by atoms with Crippen LogP contribution in [0.1, 0.15) is 10.6 Å². The van der Waals surface area contributed by atoms with Crippen LogP contribution >= 0.6 is 22.6 Å². The molecule has 5 rings (SSSR count). The number of anilines is 1. The van der Waals surface area contributed by atoms with Crippen LogP contribution in [0.15, 0.2) is 81.6 Å². The normalized spacial score (nSPS) is 11.2. The summed E-state index contributed by atoms with van der Waals surface area (Å²) in [6, 6.07) is 22.6. The lowest BCUT2D eigenvalue weighted by molar-refractivity contribution is 0.0998. The number of hydrogen-bond donors (Lipinski definition) is 1. The van der Waals surface area contributed by atoms with Crippen molar-refractivity contribution in [1.29, 1.82) is 0 Å². The Kier molecular flexibility index (Phi) is 4.12. The first kappa shape index (κ1) is 17.0. The zero-order valence-electron chi connectivity index (χ0n) is 14.5. The van der Waals surface area contributed by atoms with Crippen LogP contribution in [-0.4, -0.2) is 10.9 Å². The van der Waals surface area contributed by atoms with E-state index in [9.17, 15) is 4.79 Å². The van der Waals surface area contributed by atoms with Gasteiger partial charge in [-0.3, -0.25) is 4.79 Å². The van der Waals surface area contributed by atoms with Crippen molar-refractivity contribution in [2.45, 2.75) is 0 Å². The van der Waals surface area contributed by atoms with Gasteiger partial charge in [-0.1, -0.05) is 18.2 Å². The molecule has 0 spiro atoms. The molecule has 136 valence electrons. The molecule has 5 nitrogen and oxygen atoms in total. The van der Waals surface area contributed by atoms with E-state index in [1.807, 2.05) is 48.5 Å². The highest BCUT2D eigenvalue weighted by atomic mass is 127. The molecule has 0 saturated heterocycles. The van der Waals surface area contributed by atoms with E-state index in [0.29, 0.717) is 28.3 Å². The van der Waals surface area contributed by atoms with Crippen LogP contribution in [0.3, 0.4) is 0 Å². The Labute approximate surface area is 173 Å². The Morgan fingerprint density at radius 3 is 2.54 bits per heavy atom. The molecular weight excluding hydrogens is 467 g/mol. The van der Waals surface area contributed by atoms with Gasteiger partial charge in [-0.25, -0.2) is 4.98 Å². The number of furan rings is 1. The Morgan fingerprint density at radius 1 is 0.893 bits per heavy atom. The average Bonchev–Trinajstić information content (AvgIpc) is 3.32. The van der Waals surface area contributed by atoms with E-state index >= 15 is 0 Å². The summed E-state index contributed by atoms with van der Waals surface area (Å²) in [6.07, 6.45) is 0. The van der Waals surface area contributed by atoms with Gasteiger partial charge < -0.3 is 14.2 Å². The van der Waals surface area contributed by atoms with E-state index in [2.05, 4.69) is 32.9 Å². The molecule has 0 atom stereocenters. The number of amides is 1. The second kappa shape index (κ2) is 6.79. The first-order chi connectivity index (χ1) is 13.7. The minimum atomic E-state index is -0.308. The summed E-state index contributed by atoms with van der Waals surface area (Å²) in [5.74, 6) is 0.505. The van der Waals surface area contributed by atoms with Crippen LogP contribution < -0.4 is 5.32 Å². The van der Waals surface area contributed by atoms with Gasteiger partial charge in [0.15, 0.2) is 11.3 Å². The number of carbonyl (C=O) groups excluding carboxylic acids is 1. The average molecular weight is 480 g/mol. The van der Waals surface area contributed by atoms with Crippen molar-refractivity contribution < 1.29 is 13.6 Å². The predicted molar refractivity (Wildman–Crippen MR) is 116 cm³/mol. The van der Waals surface area contributed by atoms with Gasteiger partial charge in [0.1, 0.15) is 11.1 Å². The van der Waals surface area contributed by atoms with Crippen molar-refractivity contribution in [3.8, 4) is 11.5 Å². The van der Waals surface area contributed by atoms with Gasteiger partial charge in [-0.15, -0.1) is 0 Å². The molecule has 0 aliphatic rings. The lowest BCUT2D eigenvalue weighted by atomic mass is 10.2. The molecule has 0 aliphatic carbocycles. The van der Waals surface area contributed by atoms with E-state index < -0.39 is 0 Å². The highest BCUT2D eigenvalue weighted by Gasteiger charge is 2.14. The number of oxazole rings is 1. The summed E-state index contributed by atoms with van der Waals surface area (Å²) in [6.45, 7) is 0. The number of fused-ring (bicyclic) bond motifs is 2. The number of aromatic nitrogens is 1. The third-order valence-electron chi connectivity index (χ3n) is 4.39. The van der Waals surface area contributed by atoms with Gasteiger partial charge in [0.2, 0.25) is 5.89 Å². The lowest BCUT2D eigenvalue weighted by Gasteiger charge is -2.02. The lowest BCUT2D eigenvalue weighted by Crippen LogP contribution is -2.10. The molecule has 0 saturated carbocycles. The van der Waals surface area contributed by atoms with E-state index in [1.54, 1.807) is 24.3 Å². The van der Waals surface area contributed by atoms with Crippen LogP contribution in [0.4, 0.5) is 5.69 Å². The fourth-order valence-electron chi connectivity index (χ4n) is 3.01. The summed E-state index contributed by atoms with van der Waals surface area (Å²) >= 11 is 2.26. The first-order valence-corrected chi connectivity index (χ1v) is 9.70. The Bertz CT molecular complexity index is 1290. The first-order valence-electron chi connectivity index (χ1n) is 8.62. The highest BCUT2D eigenvalue weighted by Crippen LogP contribution is 2.27. The Morgan fingerprint density at radius 2 is 1.71 bits per heavy atom. The SMILES string of the molecule is O=C(Nc1ccc2oc(-c3ccc(I)cc3)nc2c1)c1cc2ccccc2o1. The standard InChI is InChI=1S/C22H13IN2O3/c23-15-7-5-13(6-8-15)22-25-17-12-16(9-10-19(17)28-22)24-21(26)20-11-14-3-1-2-4-18(14)27-20/h1-12H,(H,24,26). The van der Waals surface area contributed by atoms with Crippen molar-refractivity contribution in [2.75, 3.05) is 5.32 Å². The summed E-state index contributed by atoms with van der Waals surface area (Å²) in [5.41, 5.74) is 3.55. The summed E-state index contributed by atoms with van der Waals surface area (Å²) in [7, 11) is 0. The zero-order valence-corrected chi connectivity index (χ0v) is 16.6. The summed E-state index contributed by atoms with van der Waals surface area (Å²) < 4.78 is 12.6. The number of carbonyl (C=O) groups is 1. The van der Waals surface area contributed by atoms with Crippen molar-refractivity contribution in [3.63, 3.8) is 0 Å². The number of nitrogens with one attached hydrogen (secondary N) is 1. The van der Waals surface area contributed by atoms with Crippen molar-refractivity contribution in [3.05, 3.63) is 82.1 Å². The fourth-order valence-corrected chi connectivity index (χ4v) is 3.37. The number of nitrogens with zero attached hydrogens (tertiary/aromatic N) is 1. The van der Waals surface area contributed by atoms with Gasteiger partial charge in [-0.2, -0.15) is 0 Å². The van der Waals surface area contributed by atoms with Crippen LogP contribution in [0.5, 0.6) is 0 Å². The summed E-state index contributed by atoms with van der Waals surface area (Å²) in [4.78, 5) is 17.1. The Balaban J connectivity index is 1.42. The fraction of sp³-hybridized carbons (Fsp3) is 0. The largest absolute Gasteiger partial charge is 0.451 e. The molecular formula is C22H13IN2O3. The van der Waals surface area contributed by atoms with Gasteiger partial charge in [0, 0.05) is 20.2 Å². The second-order valence-electron chi connectivity index (χ2n) is 6.31. The molecule has 1 N–H and O–H groups in total. The van der Waals surface area contributed by atoms with Gasteiger partial charge in [0.25, 0.3) is 5.91 Å². The van der Waals surface area contributed by atoms with Crippen LogP contribution in [0.2, 0.25) is 0 Å². The molecule has 0 radical (unpaired) electrons. The van der Waals surface area contributed by atoms with Crippen LogP contribution in [0, 0.1) is 3.57 Å². The number of halogens is 1. The van der Waals surface area contributed by atoms with Crippen LogP contribution in [0.25, 0.3) is 33.5 Å². The smallest absolute Gasteiger partial charge is 0.291 e. The van der Waals surface area contributed by atoms with Gasteiger partial charge in [-0.05, 0) is 77.2 Å². The molecule has 5 aromatic rings. The third kappa shape index (κ3) is 3.16. The molecule has 2 aromatic heterocycles. The molecule has 1 amide bonds. The predicted octanol–water partition coefficient (Wildman–Crippen LogP) is 6.10. The number of para-hydroxylation sites is 1. The maximum absolute atomic E-state index is 12.5. The zero-order chi connectivity index (χ0) is 19.1. The van der Waals surface area contributed by atoms with Crippen LogP contribution in [-0.2, 0) is 0 Å². The van der Waals surface area contributed by atoms with E-state index in [-0.39, 0.29) is 11.7 Å². The van der Waals surface area contributed by atoms with Crippen molar-refractivity contribution in [2.24, 2.45) is 0 Å². The highest BCUT2D eigenvalue weighted by molar-refractivity contribution is 14.1. The number of hydrogen-bond acceptors (Lipinski definition) is 4. The minimum Gasteiger partial charge on any atom is -0.451 e.